The maximum absolute atomic E-state index is 5.47. The summed E-state index contributed by atoms with van der Waals surface area (Å²) in [6.07, 6.45) is 0. The highest BCUT2D eigenvalue weighted by Crippen LogP contribution is 2.39. The maximum atomic E-state index is 5.47. The Bertz CT molecular complexity index is 589. The Morgan fingerprint density at radius 2 is 1.58 bits per heavy atom. The molecule has 0 aliphatic carbocycles. The predicted octanol–water partition coefficient (Wildman–Crippen LogP) is 2.78. The van der Waals surface area contributed by atoms with Crippen molar-refractivity contribution in [1.29, 1.82) is 0 Å². The predicted molar refractivity (Wildman–Crippen MR) is 79.8 cm³/mol. The highest BCUT2D eigenvalue weighted by Gasteiger charge is 2.15. The van der Waals surface area contributed by atoms with E-state index in [9.17, 15) is 0 Å². The van der Waals surface area contributed by atoms with E-state index in [1.807, 2.05) is 18.2 Å². The van der Waals surface area contributed by atoms with Crippen molar-refractivity contribution in [1.82, 2.24) is 0 Å². The van der Waals surface area contributed by atoms with Gasteiger partial charge >= 0.3 is 0 Å². The van der Waals surface area contributed by atoms with Crippen LogP contribution in [0.15, 0.2) is 30.3 Å². The van der Waals surface area contributed by atoms with E-state index in [1.165, 1.54) is 16.7 Å². The summed E-state index contributed by atoms with van der Waals surface area (Å²) >= 11 is 0. The van der Waals surface area contributed by atoms with Gasteiger partial charge in [0.15, 0.2) is 11.5 Å². The van der Waals surface area contributed by atoms with Crippen molar-refractivity contribution in [2.75, 3.05) is 14.2 Å². The van der Waals surface area contributed by atoms with Crippen molar-refractivity contribution < 1.29 is 9.47 Å². The van der Waals surface area contributed by atoms with E-state index in [0.717, 1.165) is 22.2 Å². The number of benzene rings is 2. The zero-order valence-electron chi connectivity index (χ0n) is 11.7. The van der Waals surface area contributed by atoms with Gasteiger partial charge in [0.1, 0.15) is 0 Å². The van der Waals surface area contributed by atoms with E-state index >= 15 is 0 Å². The third-order valence-electron chi connectivity index (χ3n) is 3.28. The molecule has 0 aliphatic rings. The second-order valence-corrected chi connectivity index (χ2v) is 5.08. The minimum atomic E-state index is 0.776. The molecular formula is C16H17O2Si. The van der Waals surface area contributed by atoms with Gasteiger partial charge in [-0.25, -0.2) is 0 Å². The largest absolute Gasteiger partial charge is 0.493 e. The highest BCUT2D eigenvalue weighted by atomic mass is 28.1. The average molecular weight is 269 g/mol. The van der Waals surface area contributed by atoms with Crippen LogP contribution in [-0.2, 0) is 0 Å². The van der Waals surface area contributed by atoms with Crippen molar-refractivity contribution in [2.45, 2.75) is 13.8 Å². The monoisotopic (exact) mass is 269 g/mol. The summed E-state index contributed by atoms with van der Waals surface area (Å²) in [7, 11) is 6.85. The molecule has 3 radical (unpaired) electrons. The molecule has 2 nitrogen and oxygen atoms in total. The molecule has 0 heterocycles. The standard InChI is InChI=1S/C16H17O2Si/c1-10-9-14(17-3)16(18-4)11(2)15(10)12-5-7-13(19)8-6-12/h5-9H,1-4H3. The molecular weight excluding hydrogens is 252 g/mol. The van der Waals surface area contributed by atoms with Crippen LogP contribution in [0.3, 0.4) is 0 Å². The van der Waals surface area contributed by atoms with Gasteiger partial charge in [0.25, 0.3) is 0 Å². The zero-order valence-corrected chi connectivity index (χ0v) is 12.7. The summed E-state index contributed by atoms with van der Waals surface area (Å²) in [6, 6.07) is 10.3. The quantitative estimate of drug-likeness (QED) is 0.798. The molecule has 0 atom stereocenters. The Morgan fingerprint density at radius 3 is 2.11 bits per heavy atom. The molecule has 0 aromatic heterocycles. The first-order valence-electron chi connectivity index (χ1n) is 6.12. The number of hydrogen-bond donors (Lipinski definition) is 0. The van der Waals surface area contributed by atoms with E-state index in [2.05, 4.69) is 36.2 Å². The molecule has 0 saturated carbocycles. The Labute approximate surface area is 117 Å². The third-order valence-corrected chi connectivity index (χ3v) is 3.61. The van der Waals surface area contributed by atoms with Crippen molar-refractivity contribution >= 4 is 15.4 Å². The molecule has 0 amide bonds. The van der Waals surface area contributed by atoms with E-state index < -0.39 is 0 Å². The van der Waals surface area contributed by atoms with Gasteiger partial charge in [0.2, 0.25) is 0 Å². The summed E-state index contributed by atoms with van der Waals surface area (Å²) in [5, 5.41) is 1.07. The lowest BCUT2D eigenvalue weighted by Gasteiger charge is -2.17. The summed E-state index contributed by atoms with van der Waals surface area (Å²) in [5.74, 6) is 1.57. The maximum Gasteiger partial charge on any atom is 0.164 e. The smallest absolute Gasteiger partial charge is 0.164 e. The molecule has 97 valence electrons. The fourth-order valence-electron chi connectivity index (χ4n) is 2.41. The van der Waals surface area contributed by atoms with Crippen LogP contribution in [0.25, 0.3) is 11.1 Å². The lowest BCUT2D eigenvalue weighted by molar-refractivity contribution is 0.353. The van der Waals surface area contributed by atoms with E-state index in [4.69, 9.17) is 9.47 Å². The number of ether oxygens (including phenoxy) is 2. The van der Waals surface area contributed by atoms with Crippen molar-refractivity contribution in [2.24, 2.45) is 0 Å². The number of aryl methyl sites for hydroxylation is 1. The molecule has 2 aromatic carbocycles. The van der Waals surface area contributed by atoms with Crippen molar-refractivity contribution in [3.63, 3.8) is 0 Å². The van der Waals surface area contributed by atoms with Gasteiger partial charge in [-0.15, -0.1) is 0 Å². The molecule has 0 N–H and O–H groups in total. The van der Waals surface area contributed by atoms with Gasteiger partial charge in [-0.05, 0) is 36.6 Å². The second kappa shape index (κ2) is 5.49. The first kappa shape index (κ1) is 13.7. The molecule has 2 aromatic rings. The summed E-state index contributed by atoms with van der Waals surface area (Å²) in [6.45, 7) is 4.15. The summed E-state index contributed by atoms with van der Waals surface area (Å²) in [4.78, 5) is 0. The van der Waals surface area contributed by atoms with E-state index in [1.54, 1.807) is 14.2 Å². The molecule has 0 bridgehead atoms. The number of hydrogen-bond acceptors (Lipinski definition) is 2. The number of rotatable bonds is 3. The molecule has 0 aliphatic heterocycles. The summed E-state index contributed by atoms with van der Waals surface area (Å²) in [5.41, 5.74) is 4.65. The first-order chi connectivity index (χ1) is 9.08. The van der Waals surface area contributed by atoms with Gasteiger partial charge < -0.3 is 9.47 Å². The fraction of sp³-hybridized carbons (Fsp3) is 0.250. The third kappa shape index (κ3) is 2.51. The van der Waals surface area contributed by atoms with E-state index in [0.29, 0.717) is 0 Å². The first-order valence-corrected chi connectivity index (χ1v) is 6.62. The van der Waals surface area contributed by atoms with Gasteiger partial charge in [0.05, 0.1) is 24.5 Å². The van der Waals surface area contributed by atoms with Crippen molar-refractivity contribution in [3.05, 3.63) is 41.5 Å². The van der Waals surface area contributed by atoms with Crippen LogP contribution in [0, 0.1) is 13.8 Å². The highest BCUT2D eigenvalue weighted by molar-refractivity contribution is 6.32. The lowest BCUT2D eigenvalue weighted by Crippen LogP contribution is -2.01. The number of methoxy groups -OCH3 is 2. The fourth-order valence-corrected chi connectivity index (χ4v) is 2.58. The Balaban J connectivity index is 2.66. The van der Waals surface area contributed by atoms with E-state index in [-0.39, 0.29) is 0 Å². The van der Waals surface area contributed by atoms with Crippen LogP contribution in [0.4, 0.5) is 0 Å². The molecule has 2 rings (SSSR count). The summed E-state index contributed by atoms with van der Waals surface area (Å²) < 4.78 is 10.8. The van der Waals surface area contributed by atoms with Crippen LogP contribution in [0.2, 0.25) is 0 Å². The molecule has 19 heavy (non-hydrogen) atoms. The molecule has 0 fully saturated rings. The molecule has 3 heteroatoms. The van der Waals surface area contributed by atoms with Gasteiger partial charge in [0, 0.05) is 5.56 Å². The lowest BCUT2D eigenvalue weighted by atomic mass is 9.94. The van der Waals surface area contributed by atoms with Crippen LogP contribution >= 0.6 is 0 Å². The SMILES string of the molecule is COc1cc(C)c(-c2ccc([Si])cc2)c(C)c1OC. The van der Waals surface area contributed by atoms with Crippen LogP contribution in [-0.4, -0.2) is 24.5 Å². The Kier molecular flexibility index (Phi) is 3.95. The molecule has 0 saturated heterocycles. The topological polar surface area (TPSA) is 18.5 Å². The molecule has 0 unspecified atom stereocenters. The van der Waals surface area contributed by atoms with Gasteiger partial charge in [-0.3, -0.25) is 0 Å². The van der Waals surface area contributed by atoms with Crippen LogP contribution < -0.4 is 14.7 Å². The Hall–Kier alpha value is -1.74. The average Bonchev–Trinajstić information content (AvgIpc) is 2.40. The van der Waals surface area contributed by atoms with Gasteiger partial charge in [-0.2, -0.15) is 0 Å². The van der Waals surface area contributed by atoms with Crippen LogP contribution in [0.5, 0.6) is 11.5 Å². The van der Waals surface area contributed by atoms with Crippen LogP contribution in [0.1, 0.15) is 11.1 Å². The minimum Gasteiger partial charge on any atom is -0.493 e. The second-order valence-electron chi connectivity index (χ2n) is 4.51. The normalized spacial score (nSPS) is 10.4. The Morgan fingerprint density at radius 1 is 0.947 bits per heavy atom. The molecule has 0 spiro atoms. The van der Waals surface area contributed by atoms with Gasteiger partial charge in [-0.1, -0.05) is 29.5 Å². The minimum absolute atomic E-state index is 0.776. The zero-order chi connectivity index (χ0) is 14.0. The van der Waals surface area contributed by atoms with Crippen molar-refractivity contribution in [3.8, 4) is 22.6 Å².